The lowest BCUT2D eigenvalue weighted by Crippen LogP contribution is -2.41. The molecule has 10 heteroatoms. The summed E-state index contributed by atoms with van der Waals surface area (Å²) in [5.74, 6) is 0.835. The Kier molecular flexibility index (Phi) is 9.42. The number of benzene rings is 3. The maximum atomic E-state index is 13.9. The lowest BCUT2D eigenvalue weighted by atomic mass is 10.1. The summed E-state index contributed by atoms with van der Waals surface area (Å²) in [6.45, 7) is 5.93. The Morgan fingerprint density at radius 3 is 2.20 bits per heavy atom. The minimum Gasteiger partial charge on any atom is -0.494 e. The summed E-state index contributed by atoms with van der Waals surface area (Å²) in [6.07, 6.45) is 2.40. The van der Waals surface area contributed by atoms with Crippen molar-refractivity contribution in [2.75, 3.05) is 49.7 Å². The number of carbonyl (C=O) groups excluding carboxylic acids is 1. The number of hydrogen-bond donors (Lipinski definition) is 1. The summed E-state index contributed by atoms with van der Waals surface area (Å²) in [5.41, 5.74) is 2.44. The molecular formula is C30H37N3O6S. The van der Waals surface area contributed by atoms with Crippen molar-refractivity contribution in [3.8, 4) is 17.2 Å². The van der Waals surface area contributed by atoms with E-state index < -0.39 is 22.5 Å². The Labute approximate surface area is 236 Å². The van der Waals surface area contributed by atoms with Crippen LogP contribution in [0.4, 0.5) is 11.4 Å². The Bertz CT molecular complexity index is 1390. The molecule has 0 bridgehead atoms. The second-order valence-corrected chi connectivity index (χ2v) is 11.4. The zero-order chi connectivity index (χ0) is 28.7. The van der Waals surface area contributed by atoms with E-state index in [0.29, 0.717) is 23.8 Å². The van der Waals surface area contributed by atoms with Crippen LogP contribution in [-0.4, -0.2) is 54.8 Å². The van der Waals surface area contributed by atoms with Crippen molar-refractivity contribution in [3.05, 3.63) is 72.3 Å². The normalized spacial score (nSPS) is 13.9. The van der Waals surface area contributed by atoms with Crippen LogP contribution in [0.15, 0.2) is 71.6 Å². The molecule has 1 atom stereocenters. The Morgan fingerprint density at radius 1 is 0.950 bits per heavy atom. The number of nitrogens with zero attached hydrogens (tertiary/aromatic N) is 2. The van der Waals surface area contributed by atoms with Gasteiger partial charge in [0.05, 0.1) is 37.5 Å². The molecule has 0 saturated carbocycles. The Balaban J connectivity index is 1.57. The van der Waals surface area contributed by atoms with E-state index in [1.807, 2.05) is 26.0 Å². The molecular weight excluding hydrogens is 530 g/mol. The van der Waals surface area contributed by atoms with E-state index in [1.165, 1.54) is 50.9 Å². The van der Waals surface area contributed by atoms with Crippen LogP contribution in [0, 0.1) is 0 Å². The minimum atomic E-state index is -4.16. The number of amides is 1. The third-order valence-corrected chi connectivity index (χ3v) is 8.68. The average Bonchev–Trinajstić information content (AvgIpc) is 3.51. The fraction of sp³-hybridized carbons (Fsp3) is 0.367. The van der Waals surface area contributed by atoms with E-state index in [4.69, 9.17) is 14.2 Å². The predicted octanol–water partition coefficient (Wildman–Crippen LogP) is 4.78. The summed E-state index contributed by atoms with van der Waals surface area (Å²) in [6, 6.07) is 18.8. The van der Waals surface area contributed by atoms with Crippen LogP contribution < -0.4 is 28.7 Å². The highest BCUT2D eigenvalue weighted by molar-refractivity contribution is 7.92. The number of rotatable bonds is 12. The number of sulfonamides is 1. The van der Waals surface area contributed by atoms with E-state index in [9.17, 15) is 13.2 Å². The fourth-order valence-electron chi connectivity index (χ4n) is 4.74. The summed E-state index contributed by atoms with van der Waals surface area (Å²) >= 11 is 0. The van der Waals surface area contributed by atoms with E-state index in [1.54, 1.807) is 24.3 Å². The second-order valence-electron chi connectivity index (χ2n) is 9.53. The third-order valence-electron chi connectivity index (χ3n) is 6.91. The van der Waals surface area contributed by atoms with Crippen molar-refractivity contribution in [3.63, 3.8) is 0 Å². The molecule has 40 heavy (non-hydrogen) atoms. The van der Waals surface area contributed by atoms with Gasteiger partial charge in [0, 0.05) is 24.8 Å². The van der Waals surface area contributed by atoms with Gasteiger partial charge in [-0.3, -0.25) is 9.10 Å². The largest absolute Gasteiger partial charge is 0.494 e. The zero-order valence-electron chi connectivity index (χ0n) is 23.4. The molecule has 1 heterocycles. The number of hydrogen-bond acceptors (Lipinski definition) is 7. The molecule has 9 nitrogen and oxygen atoms in total. The van der Waals surface area contributed by atoms with Gasteiger partial charge in [0.15, 0.2) is 11.5 Å². The van der Waals surface area contributed by atoms with E-state index >= 15 is 0 Å². The van der Waals surface area contributed by atoms with Crippen LogP contribution in [0.3, 0.4) is 0 Å². The van der Waals surface area contributed by atoms with Gasteiger partial charge in [-0.05, 0) is 80.8 Å². The number of methoxy groups -OCH3 is 2. The van der Waals surface area contributed by atoms with Crippen LogP contribution in [0.1, 0.15) is 38.3 Å². The summed E-state index contributed by atoms with van der Waals surface area (Å²) in [5, 5.41) is 2.95. The molecule has 1 aliphatic heterocycles. The molecule has 1 amide bonds. The van der Waals surface area contributed by atoms with E-state index in [-0.39, 0.29) is 16.7 Å². The molecule has 0 spiro atoms. The van der Waals surface area contributed by atoms with Crippen molar-refractivity contribution >= 4 is 27.3 Å². The van der Waals surface area contributed by atoms with Crippen LogP contribution in [0.2, 0.25) is 0 Å². The van der Waals surface area contributed by atoms with Crippen LogP contribution in [-0.2, 0) is 14.8 Å². The second kappa shape index (κ2) is 13.0. The highest BCUT2D eigenvalue weighted by Gasteiger charge is 2.29. The molecule has 4 rings (SSSR count). The first-order valence-electron chi connectivity index (χ1n) is 13.4. The van der Waals surface area contributed by atoms with Gasteiger partial charge in [0.1, 0.15) is 12.3 Å². The van der Waals surface area contributed by atoms with Crippen LogP contribution in [0.25, 0.3) is 0 Å². The van der Waals surface area contributed by atoms with Crippen molar-refractivity contribution in [2.45, 2.75) is 37.6 Å². The number of ether oxygens (including phenoxy) is 3. The van der Waals surface area contributed by atoms with E-state index in [0.717, 1.165) is 23.0 Å². The van der Waals surface area contributed by atoms with Gasteiger partial charge in [0.2, 0.25) is 5.91 Å². The van der Waals surface area contributed by atoms with Crippen LogP contribution >= 0.6 is 0 Å². The first kappa shape index (κ1) is 29.1. The highest BCUT2D eigenvalue weighted by Crippen LogP contribution is 2.33. The number of anilines is 2. The first-order valence-corrected chi connectivity index (χ1v) is 14.8. The standard InChI is InChI=1S/C30H37N3O6S/c1-5-39-26-14-12-25(13-15-26)33(40(35,36)27-16-17-28(37-3)29(20-27)38-4)21-30(34)31-22(2)23-8-10-24(11-9-23)32-18-6-7-19-32/h8-17,20,22H,5-7,18-19,21H2,1-4H3,(H,31,34). The van der Waals surface area contributed by atoms with Gasteiger partial charge in [-0.15, -0.1) is 0 Å². The monoisotopic (exact) mass is 567 g/mol. The Hall–Kier alpha value is -3.92. The molecule has 1 saturated heterocycles. The van der Waals surface area contributed by atoms with Gasteiger partial charge in [-0.1, -0.05) is 12.1 Å². The first-order chi connectivity index (χ1) is 19.3. The molecule has 1 N–H and O–H groups in total. The smallest absolute Gasteiger partial charge is 0.264 e. The van der Waals surface area contributed by atoms with Crippen molar-refractivity contribution in [1.82, 2.24) is 5.32 Å². The SMILES string of the molecule is CCOc1ccc(N(CC(=O)NC(C)c2ccc(N3CCCC3)cc2)S(=O)(=O)c2ccc(OC)c(OC)c2)cc1. The van der Waals surface area contributed by atoms with Crippen molar-refractivity contribution < 1.29 is 27.4 Å². The third kappa shape index (κ3) is 6.62. The molecule has 0 aliphatic carbocycles. The predicted molar refractivity (Wildman–Crippen MR) is 156 cm³/mol. The Morgan fingerprint density at radius 2 is 1.60 bits per heavy atom. The molecule has 3 aromatic carbocycles. The van der Waals surface area contributed by atoms with Gasteiger partial charge in [-0.2, -0.15) is 0 Å². The van der Waals surface area contributed by atoms with Crippen molar-refractivity contribution in [1.29, 1.82) is 0 Å². The minimum absolute atomic E-state index is 0.0302. The number of carbonyl (C=O) groups is 1. The summed E-state index contributed by atoms with van der Waals surface area (Å²) in [7, 11) is -1.25. The van der Waals surface area contributed by atoms with Crippen molar-refractivity contribution in [2.24, 2.45) is 0 Å². The molecule has 1 aliphatic rings. The van der Waals surface area contributed by atoms with Gasteiger partial charge >= 0.3 is 0 Å². The quantitative estimate of drug-likeness (QED) is 0.337. The topological polar surface area (TPSA) is 97.4 Å². The van der Waals surface area contributed by atoms with Gasteiger partial charge in [0.25, 0.3) is 10.0 Å². The molecule has 0 radical (unpaired) electrons. The lowest BCUT2D eigenvalue weighted by Gasteiger charge is -2.26. The number of nitrogens with one attached hydrogen (secondary N) is 1. The van der Waals surface area contributed by atoms with Crippen LogP contribution in [0.5, 0.6) is 17.2 Å². The lowest BCUT2D eigenvalue weighted by molar-refractivity contribution is -0.120. The molecule has 214 valence electrons. The highest BCUT2D eigenvalue weighted by atomic mass is 32.2. The molecule has 0 aromatic heterocycles. The zero-order valence-corrected chi connectivity index (χ0v) is 24.2. The molecule has 1 fully saturated rings. The maximum Gasteiger partial charge on any atom is 0.264 e. The van der Waals surface area contributed by atoms with Gasteiger partial charge < -0.3 is 24.4 Å². The summed E-state index contributed by atoms with van der Waals surface area (Å²) in [4.78, 5) is 15.6. The molecule has 3 aromatic rings. The fourth-order valence-corrected chi connectivity index (χ4v) is 6.18. The molecule has 1 unspecified atom stereocenters. The van der Waals surface area contributed by atoms with E-state index in [2.05, 4.69) is 22.3 Å². The maximum absolute atomic E-state index is 13.9. The summed E-state index contributed by atoms with van der Waals surface area (Å²) < 4.78 is 44.9. The average molecular weight is 568 g/mol. The van der Waals surface area contributed by atoms with Gasteiger partial charge in [-0.25, -0.2) is 8.42 Å².